The highest BCUT2D eigenvalue weighted by molar-refractivity contribution is 5.00. The van der Waals surface area contributed by atoms with Crippen molar-refractivity contribution in [2.24, 2.45) is 7.05 Å². The van der Waals surface area contributed by atoms with E-state index in [4.69, 9.17) is 0 Å². The van der Waals surface area contributed by atoms with Crippen molar-refractivity contribution < 1.29 is 0 Å². The Morgan fingerprint density at radius 3 is 3.07 bits per heavy atom. The van der Waals surface area contributed by atoms with Gasteiger partial charge in [0.05, 0.1) is 11.7 Å². The molecular formula is C8H13N7. The second-order valence-corrected chi connectivity index (χ2v) is 3.32. The lowest BCUT2D eigenvalue weighted by atomic mass is 10.3. The lowest BCUT2D eigenvalue weighted by Gasteiger charge is -2.09. The van der Waals surface area contributed by atoms with Crippen LogP contribution in [-0.2, 0) is 13.6 Å². The molecule has 80 valence electrons. The molecule has 7 heteroatoms. The van der Waals surface area contributed by atoms with Gasteiger partial charge < -0.3 is 5.32 Å². The number of rotatable bonds is 4. The summed E-state index contributed by atoms with van der Waals surface area (Å²) < 4.78 is 1.83. The molecule has 0 fully saturated rings. The Morgan fingerprint density at radius 1 is 1.60 bits per heavy atom. The molecule has 2 aromatic rings. The average Bonchev–Trinajstić information content (AvgIpc) is 2.85. The molecule has 7 nitrogen and oxygen atoms in total. The van der Waals surface area contributed by atoms with Crippen molar-refractivity contribution in [3.63, 3.8) is 0 Å². The first kappa shape index (κ1) is 9.78. The molecule has 0 aliphatic heterocycles. The molecule has 1 atom stereocenters. The van der Waals surface area contributed by atoms with Crippen LogP contribution < -0.4 is 5.32 Å². The van der Waals surface area contributed by atoms with Crippen molar-refractivity contribution in [3.8, 4) is 0 Å². The Hall–Kier alpha value is -1.76. The van der Waals surface area contributed by atoms with E-state index in [1.54, 1.807) is 6.20 Å². The van der Waals surface area contributed by atoms with Crippen LogP contribution in [0.25, 0.3) is 0 Å². The van der Waals surface area contributed by atoms with Gasteiger partial charge in [0.15, 0.2) is 5.82 Å². The maximum absolute atomic E-state index is 4.08. The summed E-state index contributed by atoms with van der Waals surface area (Å²) in [6.45, 7) is 2.72. The summed E-state index contributed by atoms with van der Waals surface area (Å²) in [5, 5.41) is 21.1. The van der Waals surface area contributed by atoms with Crippen LogP contribution in [0.3, 0.4) is 0 Å². The zero-order chi connectivity index (χ0) is 10.7. The first-order valence-corrected chi connectivity index (χ1v) is 4.71. The number of tetrazole rings is 1. The summed E-state index contributed by atoms with van der Waals surface area (Å²) in [5.41, 5.74) is 1.12. The minimum absolute atomic E-state index is 0.0682. The molecule has 0 aromatic carbocycles. The van der Waals surface area contributed by atoms with E-state index in [0.717, 1.165) is 12.2 Å². The maximum atomic E-state index is 4.08. The van der Waals surface area contributed by atoms with Crippen molar-refractivity contribution in [2.75, 3.05) is 0 Å². The largest absolute Gasteiger partial charge is 0.302 e. The third-order valence-electron chi connectivity index (χ3n) is 2.26. The first-order valence-electron chi connectivity index (χ1n) is 4.71. The molecule has 0 amide bonds. The smallest absolute Gasteiger partial charge is 0.191 e. The molecule has 0 radical (unpaired) electrons. The molecule has 0 saturated carbocycles. The van der Waals surface area contributed by atoms with Gasteiger partial charge in [0.1, 0.15) is 0 Å². The normalized spacial score (nSPS) is 12.9. The summed E-state index contributed by atoms with van der Waals surface area (Å²) in [6, 6.07) is 2.04. The Balaban J connectivity index is 1.91. The minimum Gasteiger partial charge on any atom is -0.302 e. The summed E-state index contributed by atoms with van der Waals surface area (Å²) in [5.74, 6) is 0.664. The van der Waals surface area contributed by atoms with Gasteiger partial charge in [-0.15, -0.1) is 10.2 Å². The molecule has 2 rings (SSSR count). The summed E-state index contributed by atoms with van der Waals surface area (Å²) in [6.07, 6.45) is 1.77. The van der Waals surface area contributed by atoms with Crippen molar-refractivity contribution in [1.82, 2.24) is 35.7 Å². The van der Waals surface area contributed by atoms with E-state index in [0.29, 0.717) is 5.82 Å². The topological polar surface area (TPSA) is 84.3 Å². The van der Waals surface area contributed by atoms with Crippen molar-refractivity contribution in [3.05, 3.63) is 23.8 Å². The van der Waals surface area contributed by atoms with Gasteiger partial charge in [-0.1, -0.05) is 5.21 Å². The number of nitrogens with zero attached hydrogens (tertiary/aromatic N) is 5. The van der Waals surface area contributed by atoms with E-state index in [1.165, 1.54) is 0 Å². The number of hydrogen-bond donors (Lipinski definition) is 2. The van der Waals surface area contributed by atoms with Crippen LogP contribution in [0.1, 0.15) is 24.5 Å². The highest BCUT2D eigenvalue weighted by Crippen LogP contribution is 2.05. The SMILES string of the molecule is CC(NCc1ccnn1C)c1nn[nH]n1. The van der Waals surface area contributed by atoms with Gasteiger partial charge >= 0.3 is 0 Å². The molecule has 0 bridgehead atoms. The molecule has 2 N–H and O–H groups in total. The fourth-order valence-electron chi connectivity index (χ4n) is 1.28. The molecule has 2 heterocycles. The van der Waals surface area contributed by atoms with Gasteiger partial charge in [0.25, 0.3) is 0 Å². The highest BCUT2D eigenvalue weighted by atomic mass is 15.5. The van der Waals surface area contributed by atoms with E-state index in [1.807, 2.05) is 24.7 Å². The number of aromatic nitrogens is 6. The third kappa shape index (κ3) is 2.18. The van der Waals surface area contributed by atoms with Gasteiger partial charge in [-0.2, -0.15) is 10.3 Å². The molecule has 0 aliphatic carbocycles. The van der Waals surface area contributed by atoms with Gasteiger partial charge in [-0.3, -0.25) is 4.68 Å². The number of H-pyrrole nitrogens is 1. The molecule has 0 saturated heterocycles. The Labute approximate surface area is 86.9 Å². The fraction of sp³-hybridized carbons (Fsp3) is 0.500. The van der Waals surface area contributed by atoms with E-state index >= 15 is 0 Å². The van der Waals surface area contributed by atoms with Crippen molar-refractivity contribution in [2.45, 2.75) is 19.5 Å². The Kier molecular flexibility index (Phi) is 2.72. The number of nitrogens with one attached hydrogen (secondary N) is 2. The monoisotopic (exact) mass is 207 g/mol. The zero-order valence-electron chi connectivity index (χ0n) is 8.68. The van der Waals surface area contributed by atoms with Crippen LogP contribution in [-0.4, -0.2) is 30.4 Å². The lowest BCUT2D eigenvalue weighted by Crippen LogP contribution is -2.20. The van der Waals surface area contributed by atoms with Crippen molar-refractivity contribution >= 4 is 0 Å². The third-order valence-corrected chi connectivity index (χ3v) is 2.26. The van der Waals surface area contributed by atoms with Crippen LogP contribution in [0, 0.1) is 0 Å². The molecule has 15 heavy (non-hydrogen) atoms. The van der Waals surface area contributed by atoms with Crippen LogP contribution >= 0.6 is 0 Å². The first-order chi connectivity index (χ1) is 7.27. The quantitative estimate of drug-likeness (QED) is 0.724. The van der Waals surface area contributed by atoms with Gasteiger partial charge in [-0.25, -0.2) is 0 Å². The number of hydrogen-bond acceptors (Lipinski definition) is 5. The lowest BCUT2D eigenvalue weighted by molar-refractivity contribution is 0.526. The van der Waals surface area contributed by atoms with Gasteiger partial charge in [-0.05, 0) is 13.0 Å². The zero-order valence-corrected chi connectivity index (χ0v) is 8.68. The second-order valence-electron chi connectivity index (χ2n) is 3.32. The second kappa shape index (κ2) is 4.18. The summed E-state index contributed by atoms with van der Waals surface area (Å²) in [7, 11) is 1.91. The van der Waals surface area contributed by atoms with Crippen LogP contribution in [0.5, 0.6) is 0 Å². The van der Waals surface area contributed by atoms with E-state index in [9.17, 15) is 0 Å². The van der Waals surface area contributed by atoms with Crippen LogP contribution in [0.2, 0.25) is 0 Å². The van der Waals surface area contributed by atoms with E-state index < -0.39 is 0 Å². The summed E-state index contributed by atoms with van der Waals surface area (Å²) >= 11 is 0. The fourth-order valence-corrected chi connectivity index (χ4v) is 1.28. The van der Waals surface area contributed by atoms with E-state index in [2.05, 4.69) is 31.0 Å². The molecule has 2 aromatic heterocycles. The standard InChI is InChI=1S/C8H13N7/c1-6(8-11-13-14-12-8)9-5-7-3-4-10-15(7)2/h3-4,6,9H,5H2,1-2H3,(H,11,12,13,14). The number of aryl methyl sites for hydroxylation is 1. The van der Waals surface area contributed by atoms with Crippen molar-refractivity contribution in [1.29, 1.82) is 0 Å². The van der Waals surface area contributed by atoms with Gasteiger partial charge in [0, 0.05) is 19.8 Å². The Morgan fingerprint density at radius 2 is 2.47 bits per heavy atom. The Bertz CT molecular complexity index is 404. The molecule has 0 spiro atoms. The summed E-state index contributed by atoms with van der Waals surface area (Å²) in [4.78, 5) is 0. The predicted octanol–water partition coefficient (Wildman–Crippen LogP) is -0.216. The molecular weight excluding hydrogens is 194 g/mol. The highest BCUT2D eigenvalue weighted by Gasteiger charge is 2.09. The molecule has 1 unspecified atom stereocenters. The van der Waals surface area contributed by atoms with Gasteiger partial charge in [0.2, 0.25) is 0 Å². The maximum Gasteiger partial charge on any atom is 0.191 e. The van der Waals surface area contributed by atoms with Crippen LogP contribution in [0.4, 0.5) is 0 Å². The predicted molar refractivity (Wildman–Crippen MR) is 52.6 cm³/mol. The minimum atomic E-state index is 0.0682. The van der Waals surface area contributed by atoms with Crippen LogP contribution in [0.15, 0.2) is 12.3 Å². The number of aromatic amines is 1. The van der Waals surface area contributed by atoms with E-state index in [-0.39, 0.29) is 6.04 Å². The average molecular weight is 207 g/mol. The molecule has 0 aliphatic rings.